The van der Waals surface area contributed by atoms with Crippen molar-refractivity contribution in [2.45, 2.75) is 64.2 Å². The molecule has 1 nitrogen and oxygen atoms in total. The molecule has 2 fully saturated rings. The lowest BCUT2D eigenvalue weighted by atomic mass is 9.84. The van der Waals surface area contributed by atoms with Crippen molar-refractivity contribution in [3.05, 3.63) is 12.2 Å². The van der Waals surface area contributed by atoms with Crippen LogP contribution in [0.4, 0.5) is 0 Å². The second-order valence-corrected chi connectivity index (χ2v) is 5.49. The molecule has 0 heterocycles. The van der Waals surface area contributed by atoms with Gasteiger partial charge in [0.15, 0.2) is 5.78 Å². The summed E-state index contributed by atoms with van der Waals surface area (Å²) in [7, 11) is 0. The molecule has 90 valence electrons. The summed E-state index contributed by atoms with van der Waals surface area (Å²) in [5.74, 6) is 1.46. The first-order valence-electron chi connectivity index (χ1n) is 7.08. The summed E-state index contributed by atoms with van der Waals surface area (Å²) in [6, 6.07) is 0. The van der Waals surface area contributed by atoms with E-state index in [0.29, 0.717) is 17.6 Å². The van der Waals surface area contributed by atoms with E-state index in [1.165, 1.54) is 51.4 Å². The zero-order valence-corrected chi connectivity index (χ0v) is 10.3. The molecule has 0 radical (unpaired) electrons. The number of hydrogen-bond acceptors (Lipinski definition) is 1. The Labute approximate surface area is 99.3 Å². The normalized spacial score (nSPS) is 25.0. The highest BCUT2D eigenvalue weighted by Gasteiger charge is 2.19. The Morgan fingerprint density at radius 2 is 1.38 bits per heavy atom. The van der Waals surface area contributed by atoms with Gasteiger partial charge in [0.2, 0.25) is 0 Å². The number of hydrogen-bond donors (Lipinski definition) is 0. The van der Waals surface area contributed by atoms with Gasteiger partial charge in [-0.2, -0.15) is 0 Å². The minimum absolute atomic E-state index is 0.355. The maximum Gasteiger partial charge on any atom is 0.158 e. The van der Waals surface area contributed by atoms with E-state index in [1.54, 1.807) is 0 Å². The lowest BCUT2D eigenvalue weighted by Crippen LogP contribution is -2.16. The lowest BCUT2D eigenvalue weighted by molar-refractivity contribution is -0.119. The van der Waals surface area contributed by atoms with E-state index in [9.17, 15) is 4.79 Å². The van der Waals surface area contributed by atoms with Gasteiger partial charge in [0.1, 0.15) is 0 Å². The van der Waals surface area contributed by atoms with Gasteiger partial charge in [-0.1, -0.05) is 44.6 Å². The fourth-order valence-electron chi connectivity index (χ4n) is 3.08. The zero-order valence-electron chi connectivity index (χ0n) is 10.3. The van der Waals surface area contributed by atoms with Crippen molar-refractivity contribution < 1.29 is 4.79 Å². The van der Waals surface area contributed by atoms with Gasteiger partial charge in [-0.15, -0.1) is 0 Å². The second kappa shape index (κ2) is 6.22. The summed E-state index contributed by atoms with van der Waals surface area (Å²) in [4.78, 5) is 12.0. The highest BCUT2D eigenvalue weighted by Crippen LogP contribution is 2.27. The molecule has 0 aromatic carbocycles. The minimum atomic E-state index is 0.355. The number of rotatable bonds is 3. The third kappa shape index (κ3) is 3.47. The molecule has 2 aliphatic carbocycles. The summed E-state index contributed by atoms with van der Waals surface area (Å²) in [6.45, 7) is 0. The van der Waals surface area contributed by atoms with Gasteiger partial charge >= 0.3 is 0 Å². The Kier molecular flexibility index (Phi) is 4.62. The van der Waals surface area contributed by atoms with Gasteiger partial charge in [0.05, 0.1) is 0 Å². The molecule has 16 heavy (non-hydrogen) atoms. The average Bonchev–Trinajstić information content (AvgIpc) is 2.38. The predicted octanol–water partition coefficient (Wildman–Crippen LogP) is 4.27. The fourth-order valence-corrected chi connectivity index (χ4v) is 3.08. The molecule has 0 spiro atoms. The fraction of sp³-hybridized carbons (Fsp3) is 0.800. The molecule has 0 unspecified atom stereocenters. The van der Waals surface area contributed by atoms with E-state index in [4.69, 9.17) is 0 Å². The van der Waals surface area contributed by atoms with Crippen molar-refractivity contribution in [3.8, 4) is 0 Å². The van der Waals surface area contributed by atoms with E-state index in [0.717, 1.165) is 12.8 Å². The molecule has 2 saturated carbocycles. The minimum Gasteiger partial charge on any atom is -0.295 e. The first-order valence-corrected chi connectivity index (χ1v) is 7.08. The van der Waals surface area contributed by atoms with Crippen molar-refractivity contribution in [1.29, 1.82) is 0 Å². The van der Waals surface area contributed by atoms with Crippen LogP contribution in [0, 0.1) is 11.8 Å². The summed E-state index contributed by atoms with van der Waals surface area (Å²) < 4.78 is 0. The van der Waals surface area contributed by atoms with Crippen LogP contribution in [0.3, 0.4) is 0 Å². The predicted molar refractivity (Wildman–Crippen MR) is 67.3 cm³/mol. The first-order chi connectivity index (χ1) is 7.86. The molecule has 0 aromatic heterocycles. The third-order valence-electron chi connectivity index (χ3n) is 4.19. The van der Waals surface area contributed by atoms with Crippen molar-refractivity contribution >= 4 is 5.78 Å². The molecule has 0 atom stereocenters. The van der Waals surface area contributed by atoms with Crippen LogP contribution >= 0.6 is 0 Å². The van der Waals surface area contributed by atoms with Gasteiger partial charge in [0, 0.05) is 5.92 Å². The number of carbonyl (C=O) groups is 1. The molecule has 2 aliphatic rings. The average molecular weight is 220 g/mol. The number of allylic oxidation sites excluding steroid dienone is 2. The van der Waals surface area contributed by atoms with Gasteiger partial charge in [0.25, 0.3) is 0 Å². The maximum atomic E-state index is 12.0. The van der Waals surface area contributed by atoms with Crippen LogP contribution in [0.25, 0.3) is 0 Å². The molecular formula is C15H24O. The van der Waals surface area contributed by atoms with Crippen LogP contribution in [-0.2, 0) is 4.79 Å². The molecule has 0 aromatic rings. The molecule has 1 heteroatoms. The quantitative estimate of drug-likeness (QED) is 0.649. The van der Waals surface area contributed by atoms with Crippen LogP contribution in [0.15, 0.2) is 12.2 Å². The van der Waals surface area contributed by atoms with E-state index in [1.807, 2.05) is 6.08 Å². The van der Waals surface area contributed by atoms with Crippen LogP contribution in [0.2, 0.25) is 0 Å². The molecular weight excluding hydrogens is 196 g/mol. The van der Waals surface area contributed by atoms with Crippen molar-refractivity contribution in [1.82, 2.24) is 0 Å². The van der Waals surface area contributed by atoms with Crippen molar-refractivity contribution in [2.75, 3.05) is 0 Å². The highest BCUT2D eigenvalue weighted by molar-refractivity contribution is 5.91. The van der Waals surface area contributed by atoms with Crippen molar-refractivity contribution in [2.24, 2.45) is 11.8 Å². The Balaban J connectivity index is 1.78. The summed E-state index contributed by atoms with van der Waals surface area (Å²) in [5, 5.41) is 0. The zero-order chi connectivity index (χ0) is 11.2. The topological polar surface area (TPSA) is 17.1 Å². The Morgan fingerprint density at radius 3 is 2.00 bits per heavy atom. The molecule has 0 N–H and O–H groups in total. The van der Waals surface area contributed by atoms with Crippen molar-refractivity contribution in [3.63, 3.8) is 0 Å². The Morgan fingerprint density at radius 1 is 0.812 bits per heavy atom. The number of ketones is 1. The first kappa shape index (κ1) is 11.9. The maximum absolute atomic E-state index is 12.0. The van der Waals surface area contributed by atoms with Crippen LogP contribution in [-0.4, -0.2) is 5.78 Å². The summed E-state index contributed by atoms with van der Waals surface area (Å²) in [5.41, 5.74) is 0. The molecule has 0 aliphatic heterocycles. The van der Waals surface area contributed by atoms with Crippen LogP contribution in [0.1, 0.15) is 64.2 Å². The Bertz CT molecular complexity index is 242. The third-order valence-corrected chi connectivity index (χ3v) is 4.19. The largest absolute Gasteiger partial charge is 0.295 e. The van der Waals surface area contributed by atoms with Gasteiger partial charge in [-0.25, -0.2) is 0 Å². The summed E-state index contributed by atoms with van der Waals surface area (Å²) >= 11 is 0. The molecule has 0 bridgehead atoms. The van der Waals surface area contributed by atoms with Gasteiger partial charge < -0.3 is 0 Å². The van der Waals surface area contributed by atoms with E-state index in [2.05, 4.69) is 6.08 Å². The van der Waals surface area contributed by atoms with Gasteiger partial charge in [-0.05, 0) is 37.7 Å². The lowest BCUT2D eigenvalue weighted by Gasteiger charge is -2.20. The SMILES string of the molecule is O=C(/C=C/C1CCCCC1)C1CCCCC1. The van der Waals surface area contributed by atoms with Crippen LogP contribution < -0.4 is 0 Å². The summed E-state index contributed by atoms with van der Waals surface area (Å²) in [6.07, 6.45) is 16.9. The number of carbonyl (C=O) groups excluding carboxylic acids is 1. The molecule has 0 saturated heterocycles. The van der Waals surface area contributed by atoms with Gasteiger partial charge in [-0.3, -0.25) is 4.79 Å². The molecule has 0 amide bonds. The highest BCUT2D eigenvalue weighted by atomic mass is 16.1. The smallest absolute Gasteiger partial charge is 0.158 e. The van der Waals surface area contributed by atoms with E-state index in [-0.39, 0.29) is 0 Å². The monoisotopic (exact) mass is 220 g/mol. The molecule has 2 rings (SSSR count). The second-order valence-electron chi connectivity index (χ2n) is 5.49. The standard InChI is InChI=1S/C15H24O/c16-15(14-9-5-2-6-10-14)12-11-13-7-3-1-4-8-13/h11-14H,1-10H2/b12-11+. The van der Waals surface area contributed by atoms with E-state index >= 15 is 0 Å². The van der Waals surface area contributed by atoms with E-state index < -0.39 is 0 Å². The van der Waals surface area contributed by atoms with Crippen LogP contribution in [0.5, 0.6) is 0 Å². The Hall–Kier alpha value is -0.590.